The number of hydrogen-bond acceptors (Lipinski definition) is 3. The highest BCUT2D eigenvalue weighted by Gasteiger charge is 2.31. The molecule has 0 amide bonds. The summed E-state index contributed by atoms with van der Waals surface area (Å²) in [6.45, 7) is 4.37. The van der Waals surface area contributed by atoms with Crippen LogP contribution in [-0.2, 0) is 11.2 Å². The molecule has 1 fully saturated rings. The molecule has 2 rings (SSSR count). The predicted molar refractivity (Wildman–Crippen MR) is 77.5 cm³/mol. The number of nitro groups is 1. The van der Waals surface area contributed by atoms with E-state index in [0.29, 0.717) is 30.2 Å². The van der Waals surface area contributed by atoms with Crippen LogP contribution >= 0.6 is 0 Å². The third kappa shape index (κ3) is 3.24. The molecule has 0 N–H and O–H groups in total. The Bertz CT molecular complexity index is 510. The van der Waals surface area contributed by atoms with Crippen molar-refractivity contribution in [1.29, 1.82) is 0 Å². The second kappa shape index (κ2) is 6.16. The maximum Gasteiger partial charge on any atom is 0.272 e. The second-order valence-electron chi connectivity index (χ2n) is 6.03. The van der Waals surface area contributed by atoms with Crippen LogP contribution in [0.2, 0.25) is 0 Å². The van der Waals surface area contributed by atoms with E-state index in [0.717, 1.165) is 12.8 Å². The molecule has 1 aliphatic carbocycles. The van der Waals surface area contributed by atoms with Crippen molar-refractivity contribution in [3.05, 3.63) is 39.9 Å². The molecule has 0 aromatic heterocycles. The number of Topliss-reactive ketones (excluding diaryl/α,β-unsaturated/α-hetero) is 1. The molecule has 0 spiro atoms. The van der Waals surface area contributed by atoms with E-state index >= 15 is 0 Å². The molecule has 1 saturated carbocycles. The number of rotatable bonds is 4. The van der Waals surface area contributed by atoms with Crippen LogP contribution in [0.3, 0.4) is 0 Å². The third-order valence-corrected chi connectivity index (χ3v) is 4.40. The van der Waals surface area contributed by atoms with Gasteiger partial charge in [-0.25, -0.2) is 0 Å². The van der Waals surface area contributed by atoms with Crippen LogP contribution < -0.4 is 0 Å². The molecule has 20 heavy (non-hydrogen) atoms. The summed E-state index contributed by atoms with van der Waals surface area (Å²) in [5.74, 6) is 1.33. The molecule has 0 bridgehead atoms. The van der Waals surface area contributed by atoms with E-state index in [1.807, 2.05) is 0 Å². The minimum absolute atomic E-state index is 0.0581. The normalized spacial score (nSPS) is 23.1. The van der Waals surface area contributed by atoms with Gasteiger partial charge in [-0.3, -0.25) is 14.9 Å². The lowest BCUT2D eigenvalue weighted by molar-refractivity contribution is -0.385. The third-order valence-electron chi connectivity index (χ3n) is 4.40. The van der Waals surface area contributed by atoms with E-state index < -0.39 is 0 Å². The number of carbonyl (C=O) groups excluding carboxylic acids is 1. The summed E-state index contributed by atoms with van der Waals surface area (Å²) in [6.07, 6.45) is 2.94. The van der Waals surface area contributed by atoms with Gasteiger partial charge in [0.25, 0.3) is 5.69 Å². The Morgan fingerprint density at radius 1 is 1.35 bits per heavy atom. The van der Waals surface area contributed by atoms with Gasteiger partial charge in [0.05, 0.1) is 4.92 Å². The van der Waals surface area contributed by atoms with Gasteiger partial charge in [0.2, 0.25) is 0 Å². The summed E-state index contributed by atoms with van der Waals surface area (Å²) in [7, 11) is 0. The lowest BCUT2D eigenvalue weighted by Crippen LogP contribution is -2.29. The average molecular weight is 275 g/mol. The summed E-state index contributed by atoms with van der Waals surface area (Å²) in [5, 5.41) is 11.0. The Labute approximate surface area is 119 Å². The monoisotopic (exact) mass is 275 g/mol. The maximum atomic E-state index is 12.1. The fourth-order valence-electron chi connectivity index (χ4n) is 3.08. The molecule has 1 aliphatic rings. The van der Waals surface area contributed by atoms with Crippen molar-refractivity contribution in [3.8, 4) is 0 Å². The summed E-state index contributed by atoms with van der Waals surface area (Å²) < 4.78 is 0. The number of nitro benzene ring substituents is 1. The molecule has 0 heterocycles. The van der Waals surface area contributed by atoms with Gasteiger partial charge in [-0.2, -0.15) is 0 Å². The van der Waals surface area contributed by atoms with Gasteiger partial charge in [0.1, 0.15) is 5.78 Å². The van der Waals surface area contributed by atoms with Gasteiger partial charge in [-0.15, -0.1) is 0 Å². The van der Waals surface area contributed by atoms with Gasteiger partial charge in [-0.05, 0) is 31.1 Å². The fraction of sp³-hybridized carbons (Fsp3) is 0.562. The Balaban J connectivity index is 2.16. The first kappa shape index (κ1) is 14.7. The molecule has 2 unspecified atom stereocenters. The zero-order chi connectivity index (χ0) is 14.7. The molecule has 0 radical (unpaired) electrons. The smallest absolute Gasteiger partial charge is 0.272 e. The highest BCUT2D eigenvalue weighted by molar-refractivity contribution is 5.82. The van der Waals surface area contributed by atoms with Crippen molar-refractivity contribution in [2.45, 2.75) is 39.5 Å². The molecular formula is C16H21NO3. The van der Waals surface area contributed by atoms with E-state index in [-0.39, 0.29) is 22.3 Å². The molecule has 0 aliphatic heterocycles. The number of carbonyl (C=O) groups is 1. The van der Waals surface area contributed by atoms with Crippen LogP contribution in [0.15, 0.2) is 24.3 Å². The Hall–Kier alpha value is -1.71. The molecule has 1 aromatic carbocycles. The molecule has 0 saturated heterocycles. The highest BCUT2D eigenvalue weighted by Crippen LogP contribution is 2.34. The SMILES string of the molecule is CC(C)C1CCC(=O)C(Cc2ccccc2[N+](=O)[O-])C1. The van der Waals surface area contributed by atoms with Crippen LogP contribution in [0.25, 0.3) is 0 Å². The molecule has 4 nitrogen and oxygen atoms in total. The van der Waals surface area contributed by atoms with Crippen molar-refractivity contribution < 1.29 is 9.72 Å². The highest BCUT2D eigenvalue weighted by atomic mass is 16.6. The summed E-state index contributed by atoms with van der Waals surface area (Å²) >= 11 is 0. The van der Waals surface area contributed by atoms with Gasteiger partial charge in [-0.1, -0.05) is 32.0 Å². The molecule has 2 atom stereocenters. The van der Waals surface area contributed by atoms with Crippen LogP contribution in [-0.4, -0.2) is 10.7 Å². The number of ketones is 1. The molecule has 4 heteroatoms. The maximum absolute atomic E-state index is 12.1. The van der Waals surface area contributed by atoms with E-state index in [9.17, 15) is 14.9 Å². The van der Waals surface area contributed by atoms with Gasteiger partial charge in [0, 0.05) is 24.0 Å². The van der Waals surface area contributed by atoms with Crippen LogP contribution in [0.5, 0.6) is 0 Å². The molecular weight excluding hydrogens is 254 g/mol. The first-order valence-corrected chi connectivity index (χ1v) is 7.24. The Kier molecular flexibility index (Phi) is 4.53. The van der Waals surface area contributed by atoms with Crippen LogP contribution in [0.1, 0.15) is 38.7 Å². The van der Waals surface area contributed by atoms with Gasteiger partial charge in [0.15, 0.2) is 0 Å². The van der Waals surface area contributed by atoms with Crippen molar-refractivity contribution in [3.63, 3.8) is 0 Å². The van der Waals surface area contributed by atoms with E-state index in [1.54, 1.807) is 18.2 Å². The summed E-state index contributed by atoms with van der Waals surface area (Å²) in [6, 6.07) is 6.75. The minimum atomic E-state index is -0.359. The predicted octanol–water partition coefficient (Wildman–Crippen LogP) is 3.78. The van der Waals surface area contributed by atoms with Gasteiger partial charge < -0.3 is 0 Å². The fourth-order valence-corrected chi connectivity index (χ4v) is 3.08. The van der Waals surface area contributed by atoms with Crippen molar-refractivity contribution in [2.75, 3.05) is 0 Å². The number of benzene rings is 1. The minimum Gasteiger partial charge on any atom is -0.299 e. The molecule has 108 valence electrons. The average Bonchev–Trinajstić information content (AvgIpc) is 2.41. The lowest BCUT2D eigenvalue weighted by atomic mass is 9.73. The lowest BCUT2D eigenvalue weighted by Gasteiger charge is -2.30. The number of para-hydroxylation sites is 1. The molecule has 1 aromatic rings. The van der Waals surface area contributed by atoms with Gasteiger partial charge >= 0.3 is 0 Å². The first-order valence-electron chi connectivity index (χ1n) is 7.24. The van der Waals surface area contributed by atoms with Crippen molar-refractivity contribution in [1.82, 2.24) is 0 Å². The zero-order valence-electron chi connectivity index (χ0n) is 12.0. The van der Waals surface area contributed by atoms with E-state index in [4.69, 9.17) is 0 Å². The zero-order valence-corrected chi connectivity index (χ0v) is 12.0. The Morgan fingerprint density at radius 3 is 2.70 bits per heavy atom. The van der Waals surface area contributed by atoms with Crippen LogP contribution in [0, 0.1) is 27.9 Å². The quantitative estimate of drug-likeness (QED) is 0.620. The largest absolute Gasteiger partial charge is 0.299 e. The second-order valence-corrected chi connectivity index (χ2v) is 6.03. The summed E-state index contributed by atoms with van der Waals surface area (Å²) in [5.41, 5.74) is 0.812. The Morgan fingerprint density at radius 2 is 2.05 bits per heavy atom. The van der Waals surface area contributed by atoms with Crippen molar-refractivity contribution in [2.24, 2.45) is 17.8 Å². The number of hydrogen-bond donors (Lipinski definition) is 0. The number of nitrogens with zero attached hydrogens (tertiary/aromatic N) is 1. The van der Waals surface area contributed by atoms with Crippen LogP contribution in [0.4, 0.5) is 5.69 Å². The van der Waals surface area contributed by atoms with Crippen molar-refractivity contribution >= 4 is 11.5 Å². The topological polar surface area (TPSA) is 60.2 Å². The first-order chi connectivity index (χ1) is 9.49. The summed E-state index contributed by atoms with van der Waals surface area (Å²) in [4.78, 5) is 22.8. The van der Waals surface area contributed by atoms with E-state index in [2.05, 4.69) is 13.8 Å². The van der Waals surface area contributed by atoms with E-state index in [1.165, 1.54) is 6.07 Å². The standard InChI is InChI=1S/C16H21NO3/c1-11(2)12-7-8-16(18)14(9-12)10-13-5-3-4-6-15(13)17(19)20/h3-6,11-12,14H,7-10H2,1-2H3.